The van der Waals surface area contributed by atoms with Gasteiger partial charge in [-0.3, -0.25) is 14.7 Å². The molecule has 0 unspecified atom stereocenters. The molecule has 0 spiro atoms. The zero-order valence-electron chi connectivity index (χ0n) is 18.8. The van der Waals surface area contributed by atoms with Crippen LogP contribution in [0.25, 0.3) is 10.9 Å². The third kappa shape index (κ3) is 4.93. The predicted molar refractivity (Wildman–Crippen MR) is 125 cm³/mol. The Kier molecular flexibility index (Phi) is 6.13. The van der Waals surface area contributed by atoms with E-state index >= 15 is 0 Å². The van der Waals surface area contributed by atoms with Gasteiger partial charge in [0.1, 0.15) is 23.9 Å². The van der Waals surface area contributed by atoms with Gasteiger partial charge in [-0.2, -0.15) is 0 Å². The van der Waals surface area contributed by atoms with Gasteiger partial charge in [-0.1, -0.05) is 12.1 Å². The van der Waals surface area contributed by atoms with Crippen LogP contribution in [-0.4, -0.2) is 48.6 Å². The van der Waals surface area contributed by atoms with E-state index in [1.807, 2.05) is 31.2 Å². The molecular formula is C26H28FN3O3. The number of para-hydroxylation sites is 1. The number of fused-ring (bicyclic) bond motifs is 2. The number of piperidine rings is 1. The Morgan fingerprint density at radius 3 is 2.91 bits per heavy atom. The van der Waals surface area contributed by atoms with Gasteiger partial charge in [0.15, 0.2) is 6.61 Å². The quantitative estimate of drug-likeness (QED) is 0.606. The highest BCUT2D eigenvalue weighted by Crippen LogP contribution is 2.34. The summed E-state index contributed by atoms with van der Waals surface area (Å²) < 4.78 is 25.7. The Labute approximate surface area is 192 Å². The molecule has 6 nitrogen and oxygen atoms in total. The van der Waals surface area contributed by atoms with E-state index in [4.69, 9.17) is 9.47 Å². The van der Waals surface area contributed by atoms with Gasteiger partial charge in [-0.25, -0.2) is 4.39 Å². The summed E-state index contributed by atoms with van der Waals surface area (Å²) in [5.74, 6) is 1.51. The second-order valence-corrected chi connectivity index (χ2v) is 8.89. The Morgan fingerprint density at radius 2 is 2.06 bits per heavy atom. The second kappa shape index (κ2) is 9.35. The first-order chi connectivity index (χ1) is 16.0. The number of ether oxygens (including phenoxy) is 2. The first-order valence-electron chi connectivity index (χ1n) is 11.5. The van der Waals surface area contributed by atoms with Crippen molar-refractivity contribution in [3.63, 3.8) is 0 Å². The number of benzene rings is 2. The monoisotopic (exact) mass is 449 g/mol. The minimum atomic E-state index is -0.330. The van der Waals surface area contributed by atoms with E-state index in [1.54, 1.807) is 0 Å². The highest BCUT2D eigenvalue weighted by Gasteiger charge is 2.24. The maximum absolute atomic E-state index is 14.0. The van der Waals surface area contributed by atoms with Crippen molar-refractivity contribution in [2.75, 3.05) is 38.2 Å². The molecule has 3 aromatic rings. The van der Waals surface area contributed by atoms with Gasteiger partial charge in [0.2, 0.25) is 0 Å². The number of carbonyl (C=O) groups excluding carboxylic acids is 1. The van der Waals surface area contributed by atoms with E-state index in [-0.39, 0.29) is 18.3 Å². The third-order valence-electron chi connectivity index (χ3n) is 6.47. The minimum absolute atomic E-state index is 0.0821. The first-order valence-corrected chi connectivity index (χ1v) is 11.5. The summed E-state index contributed by atoms with van der Waals surface area (Å²) in [6, 6.07) is 12.7. The maximum Gasteiger partial charge on any atom is 0.262 e. The van der Waals surface area contributed by atoms with Gasteiger partial charge in [-0.15, -0.1) is 0 Å². The van der Waals surface area contributed by atoms with Crippen molar-refractivity contribution in [2.24, 2.45) is 5.92 Å². The molecule has 0 aliphatic carbocycles. The molecule has 1 N–H and O–H groups in total. The molecule has 2 aliphatic rings. The van der Waals surface area contributed by atoms with E-state index < -0.39 is 0 Å². The number of hydrogen-bond acceptors (Lipinski definition) is 5. The summed E-state index contributed by atoms with van der Waals surface area (Å²) in [7, 11) is 0. The molecule has 1 aromatic heterocycles. The number of pyridine rings is 1. The van der Waals surface area contributed by atoms with Gasteiger partial charge >= 0.3 is 0 Å². The Hall–Kier alpha value is -3.19. The van der Waals surface area contributed by atoms with E-state index in [2.05, 4.69) is 21.3 Å². The molecule has 0 bridgehead atoms. The molecule has 2 aromatic carbocycles. The maximum atomic E-state index is 14.0. The number of carbonyl (C=O) groups is 1. The lowest BCUT2D eigenvalue weighted by Crippen LogP contribution is -2.37. The van der Waals surface area contributed by atoms with Crippen LogP contribution in [0.4, 0.5) is 10.1 Å². The van der Waals surface area contributed by atoms with Crippen LogP contribution in [0.5, 0.6) is 11.5 Å². The fourth-order valence-corrected chi connectivity index (χ4v) is 4.74. The average molecular weight is 450 g/mol. The molecular weight excluding hydrogens is 421 g/mol. The summed E-state index contributed by atoms with van der Waals surface area (Å²) in [6.07, 6.45) is 3.15. The van der Waals surface area contributed by atoms with Crippen LogP contribution in [0.1, 0.15) is 24.1 Å². The summed E-state index contributed by atoms with van der Waals surface area (Å²) in [5, 5.41) is 3.72. The van der Waals surface area contributed by atoms with Crippen LogP contribution < -0.4 is 14.8 Å². The van der Waals surface area contributed by atoms with Crippen molar-refractivity contribution in [1.29, 1.82) is 0 Å². The van der Waals surface area contributed by atoms with Crippen LogP contribution in [0.2, 0.25) is 0 Å². The normalized spacial score (nSPS) is 16.8. The van der Waals surface area contributed by atoms with Gasteiger partial charge in [-0.05, 0) is 69.0 Å². The molecule has 2 aliphatic heterocycles. The van der Waals surface area contributed by atoms with Crippen LogP contribution in [0.3, 0.4) is 0 Å². The number of hydrogen-bond donors (Lipinski definition) is 1. The number of anilines is 1. The number of aryl methyl sites for hydroxylation is 1. The van der Waals surface area contributed by atoms with Crippen molar-refractivity contribution < 1.29 is 18.7 Å². The molecule has 3 heterocycles. The van der Waals surface area contributed by atoms with Crippen LogP contribution >= 0.6 is 0 Å². The molecule has 7 heteroatoms. The SMILES string of the molecule is Cc1ccc2c(OCCN3CCC(Cc4cccc5c4OCC(=O)N5)CC3)cc(F)cc2n1. The smallest absolute Gasteiger partial charge is 0.262 e. The first kappa shape index (κ1) is 21.6. The largest absolute Gasteiger partial charge is 0.491 e. The summed E-state index contributed by atoms with van der Waals surface area (Å²) >= 11 is 0. The fraction of sp³-hybridized carbons (Fsp3) is 0.385. The molecule has 1 saturated heterocycles. The van der Waals surface area contributed by atoms with E-state index in [1.165, 1.54) is 12.1 Å². The van der Waals surface area contributed by atoms with Crippen molar-refractivity contribution in [2.45, 2.75) is 26.2 Å². The Bertz CT molecular complexity index is 1170. The zero-order chi connectivity index (χ0) is 22.8. The van der Waals surface area contributed by atoms with Crippen LogP contribution in [0.15, 0.2) is 42.5 Å². The van der Waals surface area contributed by atoms with Gasteiger partial charge in [0, 0.05) is 29.8 Å². The van der Waals surface area contributed by atoms with Gasteiger partial charge in [0.05, 0.1) is 11.2 Å². The molecule has 1 fully saturated rings. The number of nitrogens with one attached hydrogen (secondary N) is 1. The third-order valence-corrected chi connectivity index (χ3v) is 6.47. The lowest BCUT2D eigenvalue weighted by Gasteiger charge is -2.32. The van der Waals surface area contributed by atoms with Crippen molar-refractivity contribution in [3.05, 3.63) is 59.5 Å². The molecule has 0 atom stereocenters. The molecule has 0 saturated carbocycles. The lowest BCUT2D eigenvalue weighted by atomic mass is 9.89. The van der Waals surface area contributed by atoms with E-state index in [9.17, 15) is 9.18 Å². The van der Waals surface area contributed by atoms with Gasteiger partial charge in [0.25, 0.3) is 5.91 Å². The average Bonchev–Trinajstić information content (AvgIpc) is 2.79. The zero-order valence-corrected chi connectivity index (χ0v) is 18.8. The minimum Gasteiger partial charge on any atom is -0.491 e. The number of amides is 1. The highest BCUT2D eigenvalue weighted by molar-refractivity contribution is 5.95. The highest BCUT2D eigenvalue weighted by atomic mass is 19.1. The summed E-state index contributed by atoms with van der Waals surface area (Å²) in [6.45, 7) is 5.30. The van der Waals surface area contributed by atoms with E-state index in [0.29, 0.717) is 23.8 Å². The number of rotatable bonds is 6. The molecule has 0 radical (unpaired) electrons. The number of likely N-dealkylation sites (tertiary alicyclic amines) is 1. The van der Waals surface area contributed by atoms with Crippen LogP contribution in [0, 0.1) is 18.7 Å². The number of nitrogens with zero attached hydrogens (tertiary/aromatic N) is 2. The fourth-order valence-electron chi connectivity index (χ4n) is 4.74. The standard InChI is InChI=1S/C26H28FN3O3/c1-17-5-6-21-23(28-17)14-20(27)15-24(21)32-12-11-30-9-7-18(8-10-30)13-19-3-2-4-22-26(19)33-16-25(31)29-22/h2-6,14-15,18H,7-13,16H2,1H3,(H,29,31). The topological polar surface area (TPSA) is 63.7 Å². The summed E-state index contributed by atoms with van der Waals surface area (Å²) in [5.41, 5.74) is 3.41. The molecule has 1 amide bonds. The van der Waals surface area contributed by atoms with Crippen molar-refractivity contribution >= 4 is 22.5 Å². The number of aromatic nitrogens is 1. The second-order valence-electron chi connectivity index (χ2n) is 8.89. The molecule has 172 valence electrons. The van der Waals surface area contributed by atoms with Crippen molar-refractivity contribution in [3.8, 4) is 11.5 Å². The van der Waals surface area contributed by atoms with Crippen molar-refractivity contribution in [1.82, 2.24) is 9.88 Å². The van der Waals surface area contributed by atoms with Gasteiger partial charge < -0.3 is 14.8 Å². The van der Waals surface area contributed by atoms with Crippen LogP contribution in [-0.2, 0) is 11.2 Å². The van der Waals surface area contributed by atoms with E-state index in [0.717, 1.165) is 67.0 Å². The Balaban J connectivity index is 1.13. The number of halogens is 1. The lowest BCUT2D eigenvalue weighted by molar-refractivity contribution is -0.118. The predicted octanol–water partition coefficient (Wildman–Crippen LogP) is 4.35. The molecule has 5 rings (SSSR count). The summed E-state index contributed by atoms with van der Waals surface area (Å²) in [4.78, 5) is 18.4. The Morgan fingerprint density at radius 1 is 1.21 bits per heavy atom. The molecule has 33 heavy (non-hydrogen) atoms.